The molecule has 0 fully saturated rings. The summed E-state index contributed by atoms with van der Waals surface area (Å²) in [5.74, 6) is -0.709. The zero-order valence-corrected chi connectivity index (χ0v) is 12.2. The number of carbonyl (C=O) groups is 1. The lowest BCUT2D eigenvalue weighted by atomic mass is 10.2. The number of pyridine rings is 2. The highest BCUT2D eigenvalue weighted by atomic mass is 19.4. The molecule has 2 aromatic heterocycles. The van der Waals surface area contributed by atoms with E-state index in [1.807, 2.05) is 0 Å². The number of hydrogen-bond acceptors (Lipinski definition) is 4. The Bertz CT molecular complexity index is 690. The van der Waals surface area contributed by atoms with Crippen molar-refractivity contribution < 1.29 is 22.4 Å². The number of amides is 2. The highest BCUT2D eigenvalue weighted by Gasteiger charge is 2.33. The van der Waals surface area contributed by atoms with Crippen LogP contribution in [0.4, 0.5) is 34.0 Å². The number of hydrogen-bond donors (Lipinski definition) is 3. The number of alkyl halides is 3. The Kier molecular flexibility index (Phi) is 5.51. The summed E-state index contributed by atoms with van der Waals surface area (Å²) < 4.78 is 51.0. The van der Waals surface area contributed by atoms with Gasteiger partial charge in [-0.05, 0) is 24.3 Å². The standard InChI is InChI=1S/C14H13F4N5O/c15-9-3-4-11(22-8-9)23-13(24)21-7-6-20-12-10(14(16,17)18)2-1-5-19-12/h1-5,8H,6-7H2,(H,19,20)(H2,21,22,23,24). The molecule has 0 spiro atoms. The van der Waals surface area contributed by atoms with Gasteiger partial charge in [0, 0.05) is 19.3 Å². The lowest BCUT2D eigenvalue weighted by molar-refractivity contribution is -0.137. The Labute approximate surface area is 134 Å². The fourth-order valence-electron chi connectivity index (χ4n) is 1.74. The highest BCUT2D eigenvalue weighted by molar-refractivity contribution is 5.88. The van der Waals surface area contributed by atoms with Crippen LogP contribution >= 0.6 is 0 Å². The molecular formula is C14H13F4N5O. The molecule has 0 atom stereocenters. The maximum atomic E-state index is 12.8. The van der Waals surface area contributed by atoms with E-state index in [0.717, 1.165) is 18.3 Å². The van der Waals surface area contributed by atoms with Crippen LogP contribution in [0.5, 0.6) is 0 Å². The lowest BCUT2D eigenvalue weighted by Crippen LogP contribution is -2.33. The number of rotatable bonds is 5. The largest absolute Gasteiger partial charge is 0.419 e. The summed E-state index contributed by atoms with van der Waals surface area (Å²) in [5, 5.41) is 7.28. The molecule has 0 unspecified atom stereocenters. The van der Waals surface area contributed by atoms with Crippen molar-refractivity contribution in [2.75, 3.05) is 23.7 Å². The minimum Gasteiger partial charge on any atom is -0.368 e. The lowest BCUT2D eigenvalue weighted by Gasteiger charge is -2.13. The van der Waals surface area contributed by atoms with Gasteiger partial charge in [-0.25, -0.2) is 19.2 Å². The number of halogens is 4. The van der Waals surface area contributed by atoms with Crippen LogP contribution in [0.15, 0.2) is 36.7 Å². The van der Waals surface area contributed by atoms with Gasteiger partial charge in [0.1, 0.15) is 17.5 Å². The minimum atomic E-state index is -4.52. The maximum Gasteiger partial charge on any atom is 0.419 e. The normalized spacial score (nSPS) is 11.0. The number of nitrogens with one attached hydrogen (secondary N) is 3. The van der Waals surface area contributed by atoms with Crippen LogP contribution in [-0.4, -0.2) is 29.1 Å². The third kappa shape index (κ3) is 5.07. The smallest absolute Gasteiger partial charge is 0.368 e. The molecule has 128 valence electrons. The van der Waals surface area contributed by atoms with E-state index >= 15 is 0 Å². The first kappa shape index (κ1) is 17.4. The molecule has 24 heavy (non-hydrogen) atoms. The predicted octanol–water partition coefficient (Wildman–Crippen LogP) is 2.87. The van der Waals surface area contributed by atoms with Crippen LogP contribution in [0.1, 0.15) is 5.56 Å². The van der Waals surface area contributed by atoms with Crippen LogP contribution in [0, 0.1) is 5.82 Å². The minimum absolute atomic E-state index is 0.0321. The Morgan fingerprint density at radius 2 is 1.92 bits per heavy atom. The fraction of sp³-hybridized carbons (Fsp3) is 0.214. The summed E-state index contributed by atoms with van der Waals surface area (Å²) in [7, 11) is 0. The van der Waals surface area contributed by atoms with E-state index in [9.17, 15) is 22.4 Å². The molecule has 2 heterocycles. The number of carbonyl (C=O) groups excluding carboxylic acids is 1. The summed E-state index contributed by atoms with van der Waals surface area (Å²) in [6, 6.07) is 3.89. The van der Waals surface area contributed by atoms with E-state index in [-0.39, 0.29) is 24.7 Å². The van der Waals surface area contributed by atoms with E-state index in [4.69, 9.17) is 0 Å². The third-order valence-electron chi connectivity index (χ3n) is 2.79. The van der Waals surface area contributed by atoms with Crippen molar-refractivity contribution in [2.45, 2.75) is 6.18 Å². The number of urea groups is 1. The zero-order chi connectivity index (χ0) is 17.6. The maximum absolute atomic E-state index is 12.8. The SMILES string of the molecule is O=C(NCCNc1ncccc1C(F)(F)F)Nc1ccc(F)cn1. The molecule has 2 amide bonds. The quantitative estimate of drug-likeness (QED) is 0.576. The first-order valence-electron chi connectivity index (χ1n) is 6.79. The molecule has 2 aromatic rings. The van der Waals surface area contributed by atoms with E-state index in [0.29, 0.717) is 0 Å². The Morgan fingerprint density at radius 3 is 2.58 bits per heavy atom. The van der Waals surface area contributed by atoms with Crippen LogP contribution in [-0.2, 0) is 6.18 Å². The van der Waals surface area contributed by atoms with Gasteiger partial charge in [0.2, 0.25) is 0 Å². The zero-order valence-electron chi connectivity index (χ0n) is 12.2. The molecule has 0 bridgehead atoms. The molecule has 3 N–H and O–H groups in total. The molecule has 0 radical (unpaired) electrons. The van der Waals surface area contributed by atoms with Crippen molar-refractivity contribution in [2.24, 2.45) is 0 Å². The number of anilines is 2. The first-order chi connectivity index (χ1) is 11.4. The van der Waals surface area contributed by atoms with Crippen LogP contribution in [0.25, 0.3) is 0 Å². The Hall–Kier alpha value is -2.91. The van der Waals surface area contributed by atoms with Gasteiger partial charge in [-0.1, -0.05) is 0 Å². The van der Waals surface area contributed by atoms with Gasteiger partial charge < -0.3 is 10.6 Å². The summed E-state index contributed by atoms with van der Waals surface area (Å²) in [6.07, 6.45) is -2.34. The van der Waals surface area contributed by atoms with Gasteiger partial charge in [0.15, 0.2) is 0 Å². The number of aromatic nitrogens is 2. The van der Waals surface area contributed by atoms with Crippen LogP contribution in [0.2, 0.25) is 0 Å². The Morgan fingerprint density at radius 1 is 1.12 bits per heavy atom. The van der Waals surface area contributed by atoms with Crippen molar-refractivity contribution >= 4 is 17.7 Å². The molecule has 0 saturated carbocycles. The molecular weight excluding hydrogens is 330 g/mol. The third-order valence-corrected chi connectivity index (χ3v) is 2.79. The van der Waals surface area contributed by atoms with E-state index in [1.165, 1.54) is 18.3 Å². The first-order valence-corrected chi connectivity index (χ1v) is 6.79. The average molecular weight is 343 g/mol. The molecule has 2 rings (SSSR count). The molecule has 0 aliphatic rings. The van der Waals surface area contributed by atoms with Crippen molar-refractivity contribution in [3.8, 4) is 0 Å². The predicted molar refractivity (Wildman–Crippen MR) is 78.9 cm³/mol. The van der Waals surface area contributed by atoms with Gasteiger partial charge in [-0.2, -0.15) is 13.2 Å². The summed E-state index contributed by atoms with van der Waals surface area (Å²) in [4.78, 5) is 18.8. The summed E-state index contributed by atoms with van der Waals surface area (Å²) in [5.41, 5.74) is -0.884. The van der Waals surface area contributed by atoms with Gasteiger partial charge in [0.05, 0.1) is 11.8 Å². The molecule has 6 nitrogen and oxygen atoms in total. The van der Waals surface area contributed by atoms with E-state index < -0.39 is 23.6 Å². The summed E-state index contributed by atoms with van der Waals surface area (Å²) >= 11 is 0. The molecule has 10 heteroatoms. The van der Waals surface area contributed by atoms with Gasteiger partial charge in [0.25, 0.3) is 0 Å². The second kappa shape index (κ2) is 7.57. The fourth-order valence-corrected chi connectivity index (χ4v) is 1.74. The van der Waals surface area contributed by atoms with Crippen LogP contribution in [0.3, 0.4) is 0 Å². The van der Waals surface area contributed by atoms with Crippen molar-refractivity contribution in [3.05, 3.63) is 48.0 Å². The highest BCUT2D eigenvalue weighted by Crippen LogP contribution is 2.33. The van der Waals surface area contributed by atoms with Crippen molar-refractivity contribution in [1.29, 1.82) is 0 Å². The molecule has 0 aromatic carbocycles. The van der Waals surface area contributed by atoms with E-state index in [1.54, 1.807) is 0 Å². The topological polar surface area (TPSA) is 78.9 Å². The van der Waals surface area contributed by atoms with Crippen molar-refractivity contribution in [1.82, 2.24) is 15.3 Å². The molecule has 0 aliphatic heterocycles. The van der Waals surface area contributed by atoms with Gasteiger partial charge >= 0.3 is 12.2 Å². The molecule has 0 aliphatic carbocycles. The van der Waals surface area contributed by atoms with Crippen LogP contribution < -0.4 is 16.0 Å². The second-order valence-corrected chi connectivity index (χ2v) is 4.57. The summed E-state index contributed by atoms with van der Waals surface area (Å²) in [6.45, 7) is 0.0747. The van der Waals surface area contributed by atoms with Gasteiger partial charge in [-0.15, -0.1) is 0 Å². The Balaban J connectivity index is 1.79. The van der Waals surface area contributed by atoms with Gasteiger partial charge in [-0.3, -0.25) is 5.32 Å². The molecule has 0 saturated heterocycles. The second-order valence-electron chi connectivity index (χ2n) is 4.57. The van der Waals surface area contributed by atoms with Crippen molar-refractivity contribution in [3.63, 3.8) is 0 Å². The van der Waals surface area contributed by atoms with E-state index in [2.05, 4.69) is 25.9 Å². The number of nitrogens with zero attached hydrogens (tertiary/aromatic N) is 2. The average Bonchev–Trinajstić information content (AvgIpc) is 2.53. The monoisotopic (exact) mass is 343 g/mol.